The van der Waals surface area contributed by atoms with E-state index in [1.807, 2.05) is 54.7 Å². The van der Waals surface area contributed by atoms with Gasteiger partial charge in [0.2, 0.25) is 5.91 Å². The largest absolute Gasteiger partial charge is 0.308 e. The fourth-order valence-electron chi connectivity index (χ4n) is 2.65. The van der Waals surface area contributed by atoms with Gasteiger partial charge in [0.05, 0.1) is 12.1 Å². The van der Waals surface area contributed by atoms with Crippen LogP contribution in [-0.2, 0) is 17.9 Å². The van der Waals surface area contributed by atoms with Crippen LogP contribution in [0.1, 0.15) is 5.56 Å². The van der Waals surface area contributed by atoms with Gasteiger partial charge in [-0.3, -0.25) is 9.48 Å². The Hall–Kier alpha value is -3.19. The first-order chi connectivity index (χ1) is 12.7. The Labute approximate surface area is 154 Å². The number of hydrogen-bond donors (Lipinski definition) is 1. The summed E-state index contributed by atoms with van der Waals surface area (Å²) in [6, 6.07) is 16.8. The number of anilines is 1. The van der Waals surface area contributed by atoms with Gasteiger partial charge < -0.3 is 5.32 Å². The van der Waals surface area contributed by atoms with Gasteiger partial charge in [-0.1, -0.05) is 41.1 Å². The molecule has 0 spiro atoms. The molecule has 26 heavy (non-hydrogen) atoms. The number of aromatic nitrogens is 5. The maximum Gasteiger partial charge on any atom is 0.247 e. The first-order valence-electron chi connectivity index (χ1n) is 8.03. The summed E-state index contributed by atoms with van der Waals surface area (Å²) in [5, 5.41) is 15.9. The molecule has 0 saturated carbocycles. The number of nitrogens with one attached hydrogen (secondary N) is 1. The average Bonchev–Trinajstić information content (AvgIpc) is 3.24. The number of carbonyl (C=O) groups excluding carboxylic acids is 1. The van der Waals surface area contributed by atoms with Gasteiger partial charge in [0.25, 0.3) is 0 Å². The summed E-state index contributed by atoms with van der Waals surface area (Å²) in [6.45, 7) is 0.672. The minimum atomic E-state index is -0.211. The number of hydrogen-bond acceptors (Lipinski definition) is 4. The lowest BCUT2D eigenvalue weighted by atomic mass is 10.2. The van der Waals surface area contributed by atoms with E-state index in [4.69, 9.17) is 11.6 Å². The summed E-state index contributed by atoms with van der Waals surface area (Å²) in [6.07, 6.45) is 1.81. The molecule has 0 aliphatic carbocycles. The van der Waals surface area contributed by atoms with Crippen molar-refractivity contribution in [3.05, 3.63) is 71.4 Å². The predicted molar refractivity (Wildman–Crippen MR) is 98.9 cm³/mol. The second-order valence-electron chi connectivity index (χ2n) is 5.81. The number of carbonyl (C=O) groups is 1. The van der Waals surface area contributed by atoms with Crippen LogP contribution in [0.2, 0.25) is 5.02 Å². The van der Waals surface area contributed by atoms with Crippen molar-refractivity contribution in [2.75, 3.05) is 5.32 Å². The minimum Gasteiger partial charge on any atom is -0.308 e. The molecule has 1 amide bonds. The molecule has 2 aromatic heterocycles. The highest BCUT2D eigenvalue weighted by Crippen LogP contribution is 2.12. The molecule has 0 aliphatic heterocycles. The summed E-state index contributed by atoms with van der Waals surface area (Å²) >= 11 is 5.89. The highest BCUT2D eigenvalue weighted by Gasteiger charge is 2.10. The summed E-state index contributed by atoms with van der Waals surface area (Å²) in [4.78, 5) is 12.3. The topological polar surface area (TPSA) is 77.6 Å². The Morgan fingerprint density at radius 1 is 1.08 bits per heavy atom. The van der Waals surface area contributed by atoms with E-state index in [1.165, 1.54) is 0 Å². The van der Waals surface area contributed by atoms with Gasteiger partial charge in [-0.25, -0.2) is 4.68 Å². The average molecular weight is 367 g/mol. The van der Waals surface area contributed by atoms with Gasteiger partial charge in [0.15, 0.2) is 5.82 Å². The molecule has 8 heteroatoms. The molecule has 0 radical (unpaired) electrons. The van der Waals surface area contributed by atoms with Crippen molar-refractivity contribution >= 4 is 34.4 Å². The number of rotatable bonds is 5. The Bertz CT molecular complexity index is 1050. The Balaban J connectivity index is 1.40. The van der Waals surface area contributed by atoms with E-state index in [9.17, 15) is 4.79 Å². The minimum absolute atomic E-state index is 0.0740. The van der Waals surface area contributed by atoms with Crippen LogP contribution in [0.25, 0.3) is 11.0 Å². The third kappa shape index (κ3) is 3.57. The number of amides is 1. The summed E-state index contributed by atoms with van der Waals surface area (Å²) in [5.41, 5.74) is 2.65. The second kappa shape index (κ2) is 6.97. The van der Waals surface area contributed by atoms with Crippen LogP contribution in [0, 0.1) is 0 Å². The number of nitrogens with zero attached hydrogens (tertiary/aromatic N) is 5. The van der Waals surface area contributed by atoms with Crippen molar-refractivity contribution in [3.63, 3.8) is 0 Å². The molecule has 1 N–H and O–H groups in total. The molecule has 2 aromatic carbocycles. The normalized spacial score (nSPS) is 11.0. The van der Waals surface area contributed by atoms with E-state index in [-0.39, 0.29) is 12.5 Å². The predicted octanol–water partition coefficient (Wildman–Crippen LogP) is 2.97. The monoisotopic (exact) mass is 366 g/mol. The van der Waals surface area contributed by atoms with Gasteiger partial charge >= 0.3 is 0 Å². The molecular weight excluding hydrogens is 352 g/mol. The lowest BCUT2D eigenvalue weighted by Gasteiger charge is -2.04. The Morgan fingerprint density at radius 3 is 2.73 bits per heavy atom. The quantitative estimate of drug-likeness (QED) is 0.589. The first-order valence-corrected chi connectivity index (χ1v) is 8.41. The molecule has 4 rings (SSSR count). The van der Waals surface area contributed by atoms with Crippen molar-refractivity contribution in [2.24, 2.45) is 0 Å². The van der Waals surface area contributed by atoms with Gasteiger partial charge in [-0.2, -0.15) is 5.10 Å². The number of para-hydroxylation sites is 1. The summed E-state index contributed by atoms with van der Waals surface area (Å²) in [7, 11) is 0. The fraction of sp³-hybridized carbons (Fsp3) is 0.111. The first kappa shape index (κ1) is 16.3. The van der Waals surface area contributed by atoms with Crippen LogP contribution < -0.4 is 5.32 Å². The van der Waals surface area contributed by atoms with Crippen molar-refractivity contribution in [2.45, 2.75) is 13.1 Å². The van der Waals surface area contributed by atoms with Gasteiger partial charge in [0.1, 0.15) is 12.1 Å². The molecule has 0 saturated heterocycles. The maximum absolute atomic E-state index is 12.3. The lowest BCUT2D eigenvalue weighted by molar-refractivity contribution is -0.116. The molecule has 0 unspecified atom stereocenters. The molecule has 2 heterocycles. The van der Waals surface area contributed by atoms with Crippen molar-refractivity contribution < 1.29 is 4.79 Å². The van der Waals surface area contributed by atoms with Crippen LogP contribution in [0.3, 0.4) is 0 Å². The lowest BCUT2D eigenvalue weighted by Crippen LogP contribution is -2.20. The second-order valence-corrected chi connectivity index (χ2v) is 6.25. The van der Waals surface area contributed by atoms with Gasteiger partial charge in [-0.15, -0.1) is 5.10 Å². The van der Waals surface area contributed by atoms with Crippen molar-refractivity contribution in [1.82, 2.24) is 24.8 Å². The van der Waals surface area contributed by atoms with E-state index >= 15 is 0 Å². The molecule has 0 atom stereocenters. The molecule has 0 fully saturated rings. The zero-order valence-corrected chi connectivity index (χ0v) is 14.5. The number of halogens is 1. The fourth-order valence-corrected chi connectivity index (χ4v) is 2.77. The van der Waals surface area contributed by atoms with E-state index in [2.05, 4.69) is 20.7 Å². The molecule has 0 aliphatic rings. The number of fused-ring (bicyclic) bond motifs is 1. The standard InChI is InChI=1S/C18H15ClN6O/c19-14-7-5-13(6-8-14)11-24-10-9-17(22-24)20-18(26)12-25-16-4-2-1-3-15(16)21-23-25/h1-10H,11-12H2,(H,20,22,26). The van der Waals surface area contributed by atoms with Crippen LogP contribution >= 0.6 is 11.6 Å². The Kier molecular flexibility index (Phi) is 4.37. The summed E-state index contributed by atoms with van der Waals surface area (Å²) < 4.78 is 3.32. The smallest absolute Gasteiger partial charge is 0.247 e. The highest BCUT2D eigenvalue weighted by molar-refractivity contribution is 6.30. The van der Waals surface area contributed by atoms with Crippen LogP contribution in [0.15, 0.2) is 60.8 Å². The zero-order valence-electron chi connectivity index (χ0n) is 13.7. The van der Waals surface area contributed by atoms with Crippen molar-refractivity contribution in [1.29, 1.82) is 0 Å². The van der Waals surface area contributed by atoms with Crippen molar-refractivity contribution in [3.8, 4) is 0 Å². The number of benzene rings is 2. The summed E-state index contributed by atoms with van der Waals surface area (Å²) in [5.74, 6) is 0.283. The van der Waals surface area contributed by atoms with Crippen LogP contribution in [0.5, 0.6) is 0 Å². The SMILES string of the molecule is O=C(Cn1nnc2ccccc21)Nc1ccn(Cc2ccc(Cl)cc2)n1. The molecular formula is C18H15ClN6O. The Morgan fingerprint density at radius 2 is 1.88 bits per heavy atom. The third-order valence-corrected chi connectivity index (χ3v) is 4.13. The molecule has 130 valence electrons. The molecule has 0 bridgehead atoms. The molecule has 7 nitrogen and oxygen atoms in total. The highest BCUT2D eigenvalue weighted by atomic mass is 35.5. The maximum atomic E-state index is 12.3. The van der Waals surface area contributed by atoms with Gasteiger partial charge in [0, 0.05) is 17.3 Å². The molecule has 4 aromatic rings. The van der Waals surface area contributed by atoms with E-state index in [0.29, 0.717) is 17.4 Å². The van der Waals surface area contributed by atoms with Gasteiger partial charge in [-0.05, 0) is 29.8 Å². The van der Waals surface area contributed by atoms with Crippen LogP contribution in [0.4, 0.5) is 5.82 Å². The van der Waals surface area contributed by atoms with E-state index in [0.717, 1.165) is 16.6 Å². The third-order valence-electron chi connectivity index (χ3n) is 3.88. The van der Waals surface area contributed by atoms with Crippen LogP contribution in [-0.4, -0.2) is 30.7 Å². The van der Waals surface area contributed by atoms with E-state index in [1.54, 1.807) is 15.4 Å². The van der Waals surface area contributed by atoms with E-state index < -0.39 is 0 Å². The zero-order chi connectivity index (χ0) is 17.9.